The molecule has 3 N–H and O–H groups in total. The second-order valence-corrected chi connectivity index (χ2v) is 1.24. The molecule has 1 rings (SSSR count). The van der Waals surface area contributed by atoms with E-state index >= 15 is 0 Å². The van der Waals surface area contributed by atoms with Crippen molar-refractivity contribution in [3.8, 4) is 0 Å². The molecule has 3 nitrogen and oxygen atoms in total. The third-order valence-electron chi connectivity index (χ3n) is 0.748. The molecule has 0 saturated heterocycles. The zero-order valence-corrected chi connectivity index (χ0v) is 5.02. The van der Waals surface area contributed by atoms with Crippen LogP contribution in [0.5, 0.6) is 0 Å². The first-order valence-electron chi connectivity index (χ1n) is 2.12. The lowest BCUT2D eigenvalue weighted by atomic mass is 10.6. The number of nitrogens with two attached hydrogens (primary N) is 1. The maximum atomic E-state index is 5.20. The van der Waals surface area contributed by atoms with Crippen molar-refractivity contribution >= 4 is 0 Å². The van der Waals surface area contributed by atoms with Crippen molar-refractivity contribution < 1.29 is 12.4 Å². The van der Waals surface area contributed by atoms with Crippen molar-refractivity contribution in [1.82, 2.24) is 9.97 Å². The molecule has 0 fully saturated rings. The van der Waals surface area contributed by atoms with E-state index in [2.05, 4.69) is 9.97 Å². The molecule has 46 valence electrons. The second-order valence-electron chi connectivity index (χ2n) is 1.24. The van der Waals surface area contributed by atoms with Crippen LogP contribution in [-0.4, -0.2) is 9.97 Å². The van der Waals surface area contributed by atoms with Gasteiger partial charge in [0.05, 0.1) is 6.54 Å². The Labute approximate surface area is 53.7 Å². The third-order valence-corrected chi connectivity index (χ3v) is 0.748. The van der Waals surface area contributed by atoms with Gasteiger partial charge in [-0.05, 0) is 0 Å². The van der Waals surface area contributed by atoms with Crippen LogP contribution in [0.25, 0.3) is 0 Å². The maximum Gasteiger partial charge on any atom is 0.119 e. The van der Waals surface area contributed by atoms with Gasteiger partial charge in [-0.3, -0.25) is 0 Å². The Morgan fingerprint density at radius 3 is 2.75 bits per heavy atom. The first kappa shape index (κ1) is 7.46. The van der Waals surface area contributed by atoms with Crippen LogP contribution >= 0.6 is 0 Å². The van der Waals surface area contributed by atoms with Crippen molar-refractivity contribution in [3.63, 3.8) is 0 Å². The first-order valence-corrected chi connectivity index (χ1v) is 2.12. The molecule has 0 amide bonds. The summed E-state index contributed by atoms with van der Waals surface area (Å²) in [5.41, 5.74) is 5.20. The van der Waals surface area contributed by atoms with Gasteiger partial charge in [0.1, 0.15) is 5.82 Å². The first-order chi connectivity index (χ1) is 3.43. The van der Waals surface area contributed by atoms with Gasteiger partial charge in [-0.1, -0.05) is 0 Å². The Balaban J connectivity index is 0.000000490. The van der Waals surface area contributed by atoms with Crippen LogP contribution in [0, 0.1) is 0 Å². The summed E-state index contributed by atoms with van der Waals surface area (Å²) >= 11 is 0. The topological polar surface area (TPSA) is 54.7 Å². The van der Waals surface area contributed by atoms with Gasteiger partial charge in [-0.15, -0.1) is 0 Å². The summed E-state index contributed by atoms with van der Waals surface area (Å²) in [6.45, 7) is 0.493. The molecule has 0 aliphatic rings. The molecule has 1 aromatic rings. The Morgan fingerprint density at radius 2 is 2.50 bits per heavy atom. The molecular formula is C4H7ClN3-. The van der Waals surface area contributed by atoms with E-state index < -0.39 is 0 Å². The predicted octanol–water partition coefficient (Wildman–Crippen LogP) is -3.13. The van der Waals surface area contributed by atoms with E-state index in [1.54, 1.807) is 12.4 Å². The van der Waals surface area contributed by atoms with Crippen molar-refractivity contribution in [2.24, 2.45) is 5.73 Å². The monoisotopic (exact) mass is 132 g/mol. The fourth-order valence-electron chi connectivity index (χ4n) is 0.410. The van der Waals surface area contributed by atoms with Crippen LogP contribution in [0.15, 0.2) is 12.4 Å². The zero-order chi connectivity index (χ0) is 5.11. The molecule has 0 aliphatic heterocycles. The Hall–Kier alpha value is -0.540. The molecule has 0 atom stereocenters. The summed E-state index contributed by atoms with van der Waals surface area (Å²) in [6.07, 6.45) is 3.43. The molecular weight excluding hydrogens is 126 g/mol. The van der Waals surface area contributed by atoms with Crippen LogP contribution < -0.4 is 18.1 Å². The van der Waals surface area contributed by atoms with Crippen LogP contribution in [0.2, 0.25) is 0 Å². The highest BCUT2D eigenvalue weighted by molar-refractivity contribution is 4.84. The lowest BCUT2D eigenvalue weighted by Crippen LogP contribution is -3.00. The molecule has 8 heavy (non-hydrogen) atoms. The number of halogens is 1. The Kier molecular flexibility index (Phi) is 3.23. The summed E-state index contributed by atoms with van der Waals surface area (Å²) in [6, 6.07) is 0. The number of aromatic nitrogens is 2. The minimum atomic E-state index is 0. The highest BCUT2D eigenvalue weighted by Crippen LogP contribution is 1.81. The standard InChI is InChI=1S/C4H7N3.ClH/c5-3-4-6-1-2-7-4;/h1-2H,3,5H2,(H,6,7);1H/p-1. The van der Waals surface area contributed by atoms with E-state index in [1.165, 1.54) is 0 Å². The summed E-state index contributed by atoms with van der Waals surface area (Å²) in [5.74, 6) is 0.833. The Bertz CT molecular complexity index is 126. The highest BCUT2D eigenvalue weighted by Gasteiger charge is 1.82. The van der Waals surface area contributed by atoms with Gasteiger partial charge in [-0.25, -0.2) is 4.98 Å². The summed E-state index contributed by atoms with van der Waals surface area (Å²) < 4.78 is 0. The number of imidazole rings is 1. The summed E-state index contributed by atoms with van der Waals surface area (Å²) in [4.78, 5) is 6.70. The van der Waals surface area contributed by atoms with E-state index in [1.807, 2.05) is 0 Å². The highest BCUT2D eigenvalue weighted by atomic mass is 35.5. The molecule has 0 aliphatic carbocycles. The number of hydrogen-bond donors (Lipinski definition) is 2. The van der Waals surface area contributed by atoms with Gasteiger partial charge in [0.15, 0.2) is 0 Å². The lowest BCUT2D eigenvalue weighted by molar-refractivity contribution is -0.00000171. The molecule has 1 heterocycles. The van der Waals surface area contributed by atoms with Crippen LogP contribution in [0.1, 0.15) is 5.82 Å². The largest absolute Gasteiger partial charge is 1.00 e. The van der Waals surface area contributed by atoms with Gasteiger partial charge in [-0.2, -0.15) is 0 Å². The van der Waals surface area contributed by atoms with Crippen molar-refractivity contribution in [1.29, 1.82) is 0 Å². The third kappa shape index (κ3) is 1.52. The van der Waals surface area contributed by atoms with E-state index in [4.69, 9.17) is 5.73 Å². The van der Waals surface area contributed by atoms with Crippen LogP contribution in [0.4, 0.5) is 0 Å². The quantitative estimate of drug-likeness (QED) is 0.425. The molecule has 0 unspecified atom stereocenters. The Morgan fingerprint density at radius 1 is 1.75 bits per heavy atom. The number of hydrogen-bond acceptors (Lipinski definition) is 2. The SMILES string of the molecule is NCc1ncc[nH]1.[Cl-]. The molecule has 0 aromatic carbocycles. The summed E-state index contributed by atoms with van der Waals surface area (Å²) in [7, 11) is 0. The molecule has 0 radical (unpaired) electrons. The molecule has 1 aromatic heterocycles. The number of aromatic amines is 1. The van der Waals surface area contributed by atoms with E-state index in [9.17, 15) is 0 Å². The van der Waals surface area contributed by atoms with Gasteiger partial charge >= 0.3 is 0 Å². The predicted molar refractivity (Wildman–Crippen MR) is 26.5 cm³/mol. The van der Waals surface area contributed by atoms with Crippen LogP contribution in [-0.2, 0) is 6.54 Å². The van der Waals surface area contributed by atoms with Crippen LogP contribution in [0.3, 0.4) is 0 Å². The fraction of sp³-hybridized carbons (Fsp3) is 0.250. The van der Waals surface area contributed by atoms with Gasteiger partial charge < -0.3 is 23.1 Å². The van der Waals surface area contributed by atoms with E-state index in [-0.39, 0.29) is 12.4 Å². The smallest absolute Gasteiger partial charge is 0.119 e. The minimum Gasteiger partial charge on any atom is -1.00 e. The van der Waals surface area contributed by atoms with E-state index in [0.29, 0.717) is 6.54 Å². The number of nitrogens with one attached hydrogen (secondary N) is 1. The molecule has 0 spiro atoms. The normalized spacial score (nSPS) is 8.12. The number of rotatable bonds is 1. The molecule has 4 heteroatoms. The minimum absolute atomic E-state index is 0. The number of H-pyrrole nitrogens is 1. The molecule has 0 saturated carbocycles. The second kappa shape index (κ2) is 3.46. The van der Waals surface area contributed by atoms with Crippen molar-refractivity contribution in [2.45, 2.75) is 6.54 Å². The van der Waals surface area contributed by atoms with E-state index in [0.717, 1.165) is 5.82 Å². The zero-order valence-electron chi connectivity index (χ0n) is 4.26. The maximum absolute atomic E-state index is 5.20. The summed E-state index contributed by atoms with van der Waals surface area (Å²) in [5, 5.41) is 0. The van der Waals surface area contributed by atoms with Crippen molar-refractivity contribution in [2.75, 3.05) is 0 Å². The van der Waals surface area contributed by atoms with Crippen molar-refractivity contribution in [3.05, 3.63) is 18.2 Å². The number of nitrogens with zero attached hydrogens (tertiary/aromatic N) is 1. The average Bonchev–Trinajstić information content (AvgIpc) is 2.14. The van der Waals surface area contributed by atoms with Gasteiger partial charge in [0.25, 0.3) is 0 Å². The lowest BCUT2D eigenvalue weighted by Gasteiger charge is -1.80. The molecule has 0 bridgehead atoms. The average molecular weight is 133 g/mol. The van der Waals surface area contributed by atoms with Gasteiger partial charge in [0, 0.05) is 12.4 Å². The van der Waals surface area contributed by atoms with Gasteiger partial charge in [0.2, 0.25) is 0 Å². The fourth-order valence-corrected chi connectivity index (χ4v) is 0.410.